The Morgan fingerprint density at radius 2 is 2.03 bits per heavy atom. The maximum absolute atomic E-state index is 13.7. The third kappa shape index (κ3) is 4.90. The number of nitrogens with zero attached hydrogens (tertiary/aromatic N) is 4. The number of aromatic nitrogens is 3. The molecule has 0 unspecified atom stereocenters. The van der Waals surface area contributed by atoms with Crippen LogP contribution in [0.15, 0.2) is 36.7 Å². The number of piperidine rings is 1. The van der Waals surface area contributed by atoms with Crippen LogP contribution in [0.25, 0.3) is 10.4 Å². The molecule has 1 N–H and O–H groups in total. The first-order chi connectivity index (χ1) is 15.5. The molecular weight excluding hydrogens is 453 g/mol. The van der Waals surface area contributed by atoms with E-state index in [1.54, 1.807) is 19.2 Å². The molecule has 1 aromatic carbocycles. The van der Waals surface area contributed by atoms with Crippen molar-refractivity contribution in [3.8, 4) is 10.4 Å². The molecule has 0 radical (unpaired) electrons. The number of likely N-dealkylation sites (tertiary alicyclic amines) is 1. The van der Waals surface area contributed by atoms with Gasteiger partial charge in [-0.05, 0) is 37.5 Å². The van der Waals surface area contributed by atoms with E-state index in [1.807, 2.05) is 11.8 Å². The van der Waals surface area contributed by atoms with E-state index in [4.69, 9.17) is 16.3 Å². The van der Waals surface area contributed by atoms with Gasteiger partial charge in [-0.15, -0.1) is 11.3 Å². The Hall–Kier alpha value is -2.62. The molecule has 3 heterocycles. The van der Waals surface area contributed by atoms with Crippen molar-refractivity contribution in [2.24, 2.45) is 0 Å². The third-order valence-corrected chi connectivity index (χ3v) is 6.63. The van der Waals surface area contributed by atoms with Crippen molar-refractivity contribution in [2.45, 2.75) is 31.9 Å². The van der Waals surface area contributed by atoms with E-state index < -0.39 is 0 Å². The van der Waals surface area contributed by atoms with Gasteiger partial charge in [-0.2, -0.15) is 0 Å². The zero-order valence-corrected chi connectivity index (χ0v) is 19.3. The van der Waals surface area contributed by atoms with Gasteiger partial charge in [-0.3, -0.25) is 4.79 Å². The predicted octanol–water partition coefficient (Wildman–Crippen LogP) is 4.43. The van der Waals surface area contributed by atoms with Gasteiger partial charge in [0.1, 0.15) is 11.5 Å². The second-order valence-corrected chi connectivity index (χ2v) is 9.15. The molecule has 0 spiro atoms. The summed E-state index contributed by atoms with van der Waals surface area (Å²) in [4.78, 5) is 29.1. The van der Waals surface area contributed by atoms with E-state index >= 15 is 0 Å². The number of thiazole rings is 1. The molecule has 0 aliphatic carbocycles. The normalized spacial score (nSPS) is 18.6. The molecule has 1 saturated heterocycles. The number of halogens is 2. The Labute approximate surface area is 194 Å². The van der Waals surface area contributed by atoms with Gasteiger partial charge in [0.05, 0.1) is 39.4 Å². The average Bonchev–Trinajstić information content (AvgIpc) is 3.20. The van der Waals surface area contributed by atoms with Gasteiger partial charge >= 0.3 is 0 Å². The maximum Gasteiger partial charge on any atom is 0.274 e. The van der Waals surface area contributed by atoms with E-state index in [0.717, 1.165) is 28.3 Å². The first-order valence-corrected chi connectivity index (χ1v) is 11.4. The summed E-state index contributed by atoms with van der Waals surface area (Å²) in [6.45, 7) is 2.87. The molecule has 1 amide bonds. The van der Waals surface area contributed by atoms with Crippen molar-refractivity contribution in [1.82, 2.24) is 19.9 Å². The van der Waals surface area contributed by atoms with Gasteiger partial charge in [0.2, 0.25) is 5.95 Å². The molecule has 168 valence electrons. The van der Waals surface area contributed by atoms with Crippen LogP contribution in [0.1, 0.15) is 28.3 Å². The summed E-state index contributed by atoms with van der Waals surface area (Å²) in [5.41, 5.74) is 1.15. The Balaban J connectivity index is 1.60. The molecule has 1 aliphatic rings. The number of aryl methyl sites for hydroxylation is 1. The van der Waals surface area contributed by atoms with E-state index in [9.17, 15) is 9.18 Å². The Kier molecular flexibility index (Phi) is 6.98. The quantitative estimate of drug-likeness (QED) is 0.568. The summed E-state index contributed by atoms with van der Waals surface area (Å²) in [7, 11) is 1.65. The van der Waals surface area contributed by atoms with Crippen molar-refractivity contribution < 1.29 is 13.9 Å². The number of benzene rings is 1. The predicted molar refractivity (Wildman–Crippen MR) is 123 cm³/mol. The lowest BCUT2D eigenvalue weighted by Gasteiger charge is -2.40. The molecule has 32 heavy (non-hydrogen) atoms. The first-order valence-electron chi connectivity index (χ1n) is 10.2. The van der Waals surface area contributed by atoms with Gasteiger partial charge in [0.15, 0.2) is 0 Å². The zero-order chi connectivity index (χ0) is 22.7. The van der Waals surface area contributed by atoms with Crippen molar-refractivity contribution in [3.05, 3.63) is 58.2 Å². The lowest BCUT2D eigenvalue weighted by Crippen LogP contribution is -2.54. The van der Waals surface area contributed by atoms with Crippen molar-refractivity contribution in [3.63, 3.8) is 0 Å². The van der Waals surface area contributed by atoms with Crippen molar-refractivity contribution in [1.29, 1.82) is 0 Å². The van der Waals surface area contributed by atoms with E-state index in [1.165, 1.54) is 35.9 Å². The monoisotopic (exact) mass is 475 g/mol. The highest BCUT2D eigenvalue weighted by Crippen LogP contribution is 2.33. The molecule has 3 aromatic rings. The summed E-state index contributed by atoms with van der Waals surface area (Å²) in [6, 6.07) is 5.89. The van der Waals surface area contributed by atoms with Gasteiger partial charge in [-0.1, -0.05) is 23.7 Å². The number of carbonyl (C=O) groups excluding carboxylic acids is 1. The molecule has 2 aromatic heterocycles. The number of anilines is 1. The molecule has 10 heteroatoms. The van der Waals surface area contributed by atoms with Crippen LogP contribution in [0.4, 0.5) is 10.3 Å². The highest BCUT2D eigenvalue weighted by atomic mass is 35.5. The van der Waals surface area contributed by atoms with E-state index in [2.05, 4.69) is 20.3 Å². The van der Waals surface area contributed by atoms with Crippen LogP contribution >= 0.6 is 22.9 Å². The number of methoxy groups -OCH3 is 1. The Bertz CT molecular complexity index is 1080. The number of hydrogen-bond acceptors (Lipinski definition) is 7. The number of carbonyl (C=O) groups is 1. The average molecular weight is 476 g/mol. The van der Waals surface area contributed by atoms with Crippen molar-refractivity contribution in [2.75, 3.05) is 25.5 Å². The smallest absolute Gasteiger partial charge is 0.274 e. The minimum atomic E-state index is -0.322. The lowest BCUT2D eigenvalue weighted by molar-refractivity contribution is -0.00768. The molecule has 0 bridgehead atoms. The van der Waals surface area contributed by atoms with E-state index in [-0.39, 0.29) is 23.9 Å². The van der Waals surface area contributed by atoms with Gasteiger partial charge in [-0.25, -0.2) is 19.3 Å². The fraction of sp³-hybridized carbons (Fsp3) is 0.364. The molecule has 1 fully saturated rings. The fourth-order valence-corrected chi connectivity index (χ4v) is 4.91. The minimum absolute atomic E-state index is 0.137. The van der Waals surface area contributed by atoms with Crippen LogP contribution in [-0.4, -0.2) is 58.1 Å². The topological polar surface area (TPSA) is 80.2 Å². The van der Waals surface area contributed by atoms with Gasteiger partial charge in [0, 0.05) is 20.2 Å². The molecule has 0 saturated carbocycles. The van der Waals surface area contributed by atoms with Crippen molar-refractivity contribution >= 4 is 34.8 Å². The summed E-state index contributed by atoms with van der Waals surface area (Å²) < 4.78 is 19.1. The van der Waals surface area contributed by atoms with Crippen LogP contribution in [0.2, 0.25) is 5.02 Å². The first kappa shape index (κ1) is 22.6. The standard InChI is InChI=1S/C22H23ClFN5O2S/c1-13-28-19(20(32-13)14-5-7-16(24)8-6-14)21(30)29-9-3-4-18(31-2)17(29)12-27-22-25-10-15(23)11-26-22/h5-8,10-11,17-18H,3-4,9,12H2,1-2H3,(H,25,26,27)/t17-,18-/m0/s1. The van der Waals surface area contributed by atoms with Gasteiger partial charge < -0.3 is 15.0 Å². The number of rotatable bonds is 6. The third-order valence-electron chi connectivity index (χ3n) is 5.41. The van der Waals surface area contributed by atoms with Crippen LogP contribution in [-0.2, 0) is 4.74 Å². The molecule has 1 aliphatic heterocycles. The SMILES string of the molecule is CO[C@H]1CCCN(C(=O)c2nc(C)sc2-c2ccc(F)cc2)[C@H]1CNc1ncc(Cl)cn1. The molecule has 2 atom stereocenters. The van der Waals surface area contributed by atoms with Crippen LogP contribution in [0.5, 0.6) is 0 Å². The fourth-order valence-electron chi connectivity index (χ4n) is 3.89. The molecular formula is C22H23ClFN5O2S. The number of nitrogens with one attached hydrogen (secondary N) is 1. The van der Waals surface area contributed by atoms with Gasteiger partial charge in [0.25, 0.3) is 5.91 Å². The van der Waals surface area contributed by atoms with Crippen LogP contribution < -0.4 is 5.32 Å². The highest BCUT2D eigenvalue weighted by Gasteiger charge is 2.36. The van der Waals surface area contributed by atoms with Crippen LogP contribution in [0, 0.1) is 12.7 Å². The minimum Gasteiger partial charge on any atom is -0.379 e. The number of ether oxygens (including phenoxy) is 1. The molecule has 4 rings (SSSR count). The maximum atomic E-state index is 13.7. The summed E-state index contributed by atoms with van der Waals surface area (Å²) >= 11 is 7.29. The lowest BCUT2D eigenvalue weighted by atomic mass is 9.97. The summed E-state index contributed by atoms with van der Waals surface area (Å²) in [6.07, 6.45) is 4.56. The Morgan fingerprint density at radius 1 is 1.31 bits per heavy atom. The second kappa shape index (κ2) is 9.89. The Morgan fingerprint density at radius 3 is 2.72 bits per heavy atom. The zero-order valence-electron chi connectivity index (χ0n) is 17.7. The van der Waals surface area contributed by atoms with Crippen LogP contribution in [0.3, 0.4) is 0 Å². The second-order valence-electron chi connectivity index (χ2n) is 7.51. The highest BCUT2D eigenvalue weighted by molar-refractivity contribution is 7.15. The summed E-state index contributed by atoms with van der Waals surface area (Å²) in [5, 5.41) is 4.41. The summed E-state index contributed by atoms with van der Waals surface area (Å²) in [5.74, 6) is -0.0598. The van der Waals surface area contributed by atoms with E-state index in [0.29, 0.717) is 29.8 Å². The number of hydrogen-bond donors (Lipinski definition) is 1. The largest absolute Gasteiger partial charge is 0.379 e. The number of amides is 1. The molecule has 7 nitrogen and oxygen atoms in total.